The second-order valence-corrected chi connectivity index (χ2v) is 21.2. The quantitative estimate of drug-likeness (QED) is 0.0654. The van der Waals surface area contributed by atoms with Gasteiger partial charge in [0.05, 0.1) is 11.1 Å². The first-order valence-corrected chi connectivity index (χ1v) is 26.0. The van der Waals surface area contributed by atoms with E-state index in [0.29, 0.717) is 17.1 Å². The molecule has 0 fully saturated rings. The molecule has 1 unspecified atom stereocenters. The summed E-state index contributed by atoms with van der Waals surface area (Å²) < 4.78 is 12.5. The number of allylic oxidation sites excluding steroid dienone is 3. The first-order chi connectivity index (χ1) is 32.8. The van der Waals surface area contributed by atoms with Crippen LogP contribution in [0.5, 0.6) is 34.5 Å². The van der Waals surface area contributed by atoms with Crippen molar-refractivity contribution >= 4 is 0 Å². The van der Waals surface area contributed by atoms with Gasteiger partial charge in [-0.15, -0.1) is 0 Å². The predicted molar refractivity (Wildman–Crippen MR) is 287 cm³/mol. The molecule has 2 atom stereocenters. The number of aryl methyl sites for hydroxylation is 5. The highest BCUT2D eigenvalue weighted by molar-refractivity contribution is 5.83. The second-order valence-electron chi connectivity index (χ2n) is 21.2. The number of aromatic hydroxyl groups is 4. The van der Waals surface area contributed by atoms with E-state index in [-0.39, 0.29) is 34.5 Å². The highest BCUT2D eigenvalue weighted by Gasteiger charge is 2.36. The van der Waals surface area contributed by atoms with Gasteiger partial charge in [-0.05, 0) is 177 Å². The van der Waals surface area contributed by atoms with E-state index < -0.39 is 0 Å². The molecule has 0 saturated heterocycles. The van der Waals surface area contributed by atoms with Gasteiger partial charge in [-0.1, -0.05) is 131 Å². The van der Waals surface area contributed by atoms with Crippen molar-refractivity contribution in [2.45, 2.75) is 183 Å². The summed E-state index contributed by atoms with van der Waals surface area (Å²) in [5, 5.41) is 42.3. The molecule has 0 amide bonds. The van der Waals surface area contributed by atoms with E-state index in [1.165, 1.54) is 55.2 Å². The lowest BCUT2D eigenvalue weighted by Crippen LogP contribution is -2.29. The van der Waals surface area contributed by atoms with Gasteiger partial charge in [-0.2, -0.15) is 0 Å². The van der Waals surface area contributed by atoms with Crippen molar-refractivity contribution in [2.75, 3.05) is 0 Å². The molecule has 0 saturated carbocycles. The minimum absolute atomic E-state index is 0.0194. The summed E-state index contributed by atoms with van der Waals surface area (Å²) in [6.07, 6.45) is 17.7. The summed E-state index contributed by atoms with van der Waals surface area (Å²) >= 11 is 0. The molecule has 69 heavy (non-hydrogen) atoms. The third-order valence-electron chi connectivity index (χ3n) is 14.3. The van der Waals surface area contributed by atoms with Crippen LogP contribution in [0.3, 0.4) is 0 Å². The molecule has 6 nitrogen and oxygen atoms in total. The Morgan fingerprint density at radius 3 is 1.35 bits per heavy atom. The van der Waals surface area contributed by atoms with Crippen LogP contribution >= 0.6 is 0 Å². The summed E-state index contributed by atoms with van der Waals surface area (Å²) in [5.74, 6) is 3.01. The van der Waals surface area contributed by atoms with E-state index >= 15 is 0 Å². The van der Waals surface area contributed by atoms with E-state index in [1.54, 1.807) is 0 Å². The van der Waals surface area contributed by atoms with Crippen molar-refractivity contribution in [3.8, 4) is 56.8 Å². The van der Waals surface area contributed by atoms with Gasteiger partial charge in [0.15, 0.2) is 0 Å². The molecule has 3 aliphatic rings. The van der Waals surface area contributed by atoms with E-state index in [9.17, 15) is 20.4 Å². The topological polar surface area (TPSA) is 99.4 Å². The van der Waals surface area contributed by atoms with E-state index in [0.717, 1.165) is 119 Å². The number of fused-ring (bicyclic) bond motifs is 6. The Morgan fingerprint density at radius 1 is 0.565 bits per heavy atom. The molecular formula is C63H82O6. The Bertz CT molecular complexity index is 2480. The molecule has 6 heteroatoms. The first kappa shape index (κ1) is 52.7. The number of ether oxygens (including phenoxy) is 2. The number of phenols is 4. The number of phenolic OH excluding ortho intramolecular Hbond substituents is 4. The molecule has 5 aromatic rings. The average Bonchev–Trinajstić information content (AvgIpc) is 3.26. The molecule has 2 heterocycles. The fourth-order valence-corrected chi connectivity index (χ4v) is 10.6. The van der Waals surface area contributed by atoms with Crippen molar-refractivity contribution in [2.24, 2.45) is 5.92 Å². The summed E-state index contributed by atoms with van der Waals surface area (Å²) in [4.78, 5) is 0. The van der Waals surface area contributed by atoms with Gasteiger partial charge in [-0.25, -0.2) is 0 Å². The van der Waals surface area contributed by atoms with Crippen molar-refractivity contribution < 1.29 is 29.9 Å². The number of unbranched alkanes of at least 4 members (excludes halogenated alkanes) is 6. The lowest BCUT2D eigenvalue weighted by atomic mass is 9.73. The molecule has 0 aromatic heterocycles. The van der Waals surface area contributed by atoms with Gasteiger partial charge in [0.2, 0.25) is 0 Å². The van der Waals surface area contributed by atoms with Gasteiger partial charge in [0.1, 0.15) is 45.7 Å². The van der Waals surface area contributed by atoms with E-state index in [1.807, 2.05) is 31.2 Å². The number of hydrogen-bond acceptors (Lipinski definition) is 6. The Labute approximate surface area is 415 Å². The average molecular weight is 935 g/mol. The standard InChI is InChI=1S/2C21H26O2.C21H30O2/c2*1-5-6-7-8-15-12-18(22)20-16-11-14(2)9-10-17(16)21(3,4)23-19(20)13-15;1-5-6-7-8-16-12-19(22)21(20(23)13-16)18-11-15(4)9-10-17(18)14(2)3/h2*9-13,22H,5-8H2,1-4H3;11-13,17-18,22-23H,2,5-10H2,1,3-4H3/t;;17-,18?/m..0/s1. The van der Waals surface area contributed by atoms with Crippen LogP contribution in [0.15, 0.2) is 96.6 Å². The van der Waals surface area contributed by atoms with Crippen LogP contribution in [0.2, 0.25) is 0 Å². The monoisotopic (exact) mass is 935 g/mol. The Kier molecular flexibility index (Phi) is 17.5. The maximum absolute atomic E-state index is 10.6. The van der Waals surface area contributed by atoms with Gasteiger partial charge < -0.3 is 29.9 Å². The highest BCUT2D eigenvalue weighted by Crippen LogP contribution is 2.52. The smallest absolute Gasteiger partial charge is 0.132 e. The zero-order valence-corrected chi connectivity index (χ0v) is 43.9. The summed E-state index contributed by atoms with van der Waals surface area (Å²) in [6.45, 7) is 27.4. The van der Waals surface area contributed by atoms with Crippen LogP contribution in [0, 0.1) is 19.8 Å². The molecule has 0 radical (unpaired) electrons. The first-order valence-electron chi connectivity index (χ1n) is 26.0. The largest absolute Gasteiger partial charge is 0.507 e. The maximum atomic E-state index is 10.6. The fourth-order valence-electron chi connectivity index (χ4n) is 10.6. The van der Waals surface area contributed by atoms with E-state index in [4.69, 9.17) is 9.47 Å². The zero-order valence-electron chi connectivity index (χ0n) is 43.9. The van der Waals surface area contributed by atoms with Crippen LogP contribution in [0.1, 0.15) is 183 Å². The van der Waals surface area contributed by atoms with Crippen molar-refractivity contribution in [1.29, 1.82) is 0 Å². The SMILES string of the molecule is C=C(C)[C@@H]1CCC(C)=CC1c1c(O)cc(CCCCC)cc1O.CCCCCc1cc(O)c2c(c1)OC(C)(C)c1ccc(C)cc1-2.CCCCCc1cc(O)c2c(c1)OC(C)(C)c1ccc(C)cc1-2. The third-order valence-corrected chi connectivity index (χ3v) is 14.3. The minimum Gasteiger partial charge on any atom is -0.507 e. The van der Waals surface area contributed by atoms with Gasteiger partial charge in [0.25, 0.3) is 0 Å². The summed E-state index contributed by atoms with van der Waals surface area (Å²) in [6, 6.07) is 24.4. The molecule has 2 aliphatic heterocycles. The zero-order chi connectivity index (χ0) is 50.2. The Balaban J connectivity index is 0.000000170. The van der Waals surface area contributed by atoms with Crippen LogP contribution in [-0.2, 0) is 30.5 Å². The summed E-state index contributed by atoms with van der Waals surface area (Å²) in [7, 11) is 0. The molecule has 4 N–H and O–H groups in total. The third kappa shape index (κ3) is 12.6. The van der Waals surface area contributed by atoms with Crippen molar-refractivity contribution in [3.63, 3.8) is 0 Å². The van der Waals surface area contributed by atoms with Crippen molar-refractivity contribution in [3.05, 3.63) is 141 Å². The molecule has 370 valence electrons. The lowest BCUT2D eigenvalue weighted by molar-refractivity contribution is 0.105. The number of rotatable bonds is 14. The minimum atomic E-state index is -0.384. The molecule has 0 bridgehead atoms. The highest BCUT2D eigenvalue weighted by atomic mass is 16.5. The summed E-state index contributed by atoms with van der Waals surface area (Å²) in [5.41, 5.74) is 14.1. The van der Waals surface area contributed by atoms with Crippen LogP contribution in [0.4, 0.5) is 0 Å². The Morgan fingerprint density at radius 2 is 0.957 bits per heavy atom. The maximum Gasteiger partial charge on any atom is 0.132 e. The van der Waals surface area contributed by atoms with Gasteiger partial charge in [0, 0.05) is 22.6 Å². The molecule has 1 aliphatic carbocycles. The van der Waals surface area contributed by atoms with Gasteiger partial charge in [-0.3, -0.25) is 0 Å². The lowest BCUT2D eigenvalue weighted by Gasteiger charge is -2.35. The Hall–Kier alpha value is -5.62. The second kappa shape index (κ2) is 22.9. The predicted octanol–water partition coefficient (Wildman–Crippen LogP) is 17.3. The molecular weight excluding hydrogens is 853 g/mol. The normalized spacial score (nSPS) is 16.9. The van der Waals surface area contributed by atoms with Crippen LogP contribution in [-0.4, -0.2) is 20.4 Å². The van der Waals surface area contributed by atoms with Gasteiger partial charge >= 0.3 is 0 Å². The van der Waals surface area contributed by atoms with Crippen LogP contribution < -0.4 is 9.47 Å². The van der Waals surface area contributed by atoms with Crippen LogP contribution in [0.25, 0.3) is 22.3 Å². The van der Waals surface area contributed by atoms with Crippen molar-refractivity contribution in [1.82, 2.24) is 0 Å². The fraction of sp³-hybridized carbons (Fsp3) is 0.460. The molecule has 5 aromatic carbocycles. The molecule has 8 rings (SSSR count). The number of hydrogen-bond donors (Lipinski definition) is 4. The number of benzene rings is 5. The molecule has 0 spiro atoms. The van der Waals surface area contributed by atoms with E-state index in [2.05, 4.69) is 130 Å².